The second kappa shape index (κ2) is 4.30. The molecule has 3 N–H and O–H groups in total. The summed E-state index contributed by atoms with van der Waals surface area (Å²) in [6.07, 6.45) is 0.223. The van der Waals surface area contributed by atoms with E-state index in [1.807, 2.05) is 0 Å². The summed E-state index contributed by atoms with van der Waals surface area (Å²) >= 11 is 0. The van der Waals surface area contributed by atoms with Crippen LogP contribution in [0.1, 0.15) is 18.0 Å². The van der Waals surface area contributed by atoms with Gasteiger partial charge < -0.3 is 10.8 Å². The highest BCUT2D eigenvalue weighted by atomic mass is 19.2. The average Bonchev–Trinajstić information content (AvgIpc) is 2.10. The number of aliphatic hydroxyl groups is 1. The largest absolute Gasteiger partial charge is 0.396 e. The molecular formula is C9H11F2NO. The lowest BCUT2D eigenvalue weighted by atomic mass is 10.0. The molecule has 0 aliphatic heterocycles. The van der Waals surface area contributed by atoms with Crippen molar-refractivity contribution in [2.45, 2.75) is 12.5 Å². The van der Waals surface area contributed by atoms with E-state index in [1.54, 1.807) is 0 Å². The predicted octanol–water partition coefficient (Wildman–Crippen LogP) is 1.35. The Labute approximate surface area is 75.0 Å². The summed E-state index contributed by atoms with van der Waals surface area (Å²) < 4.78 is 25.7. The van der Waals surface area contributed by atoms with Crippen LogP contribution in [0.5, 0.6) is 0 Å². The van der Waals surface area contributed by atoms with Crippen LogP contribution in [-0.4, -0.2) is 11.7 Å². The fourth-order valence-corrected chi connectivity index (χ4v) is 1.10. The second-order valence-electron chi connectivity index (χ2n) is 2.76. The molecule has 0 bridgehead atoms. The van der Waals surface area contributed by atoms with Gasteiger partial charge in [0.1, 0.15) is 0 Å². The van der Waals surface area contributed by atoms with Gasteiger partial charge in [-0.3, -0.25) is 0 Å². The fourth-order valence-electron chi connectivity index (χ4n) is 1.10. The highest BCUT2D eigenvalue weighted by Gasteiger charge is 2.13. The minimum atomic E-state index is -0.927. The van der Waals surface area contributed by atoms with Crippen molar-refractivity contribution in [2.24, 2.45) is 5.73 Å². The molecule has 72 valence electrons. The number of halogens is 2. The van der Waals surface area contributed by atoms with Gasteiger partial charge >= 0.3 is 0 Å². The van der Waals surface area contributed by atoms with Gasteiger partial charge in [0.25, 0.3) is 0 Å². The van der Waals surface area contributed by atoms with Crippen LogP contribution in [0.25, 0.3) is 0 Å². The van der Waals surface area contributed by atoms with Crippen LogP contribution in [0.4, 0.5) is 8.78 Å². The van der Waals surface area contributed by atoms with Crippen molar-refractivity contribution in [1.29, 1.82) is 0 Å². The maximum atomic E-state index is 13.0. The summed E-state index contributed by atoms with van der Waals surface area (Å²) in [4.78, 5) is 0. The lowest BCUT2D eigenvalue weighted by molar-refractivity contribution is 0.275. The minimum Gasteiger partial charge on any atom is -0.396 e. The highest BCUT2D eigenvalue weighted by Crippen LogP contribution is 2.19. The first kappa shape index (κ1) is 10.1. The summed E-state index contributed by atoms with van der Waals surface area (Å²) in [5.74, 6) is -1.84. The van der Waals surface area contributed by atoms with E-state index in [2.05, 4.69) is 0 Å². The van der Waals surface area contributed by atoms with Gasteiger partial charge in [0.05, 0.1) is 0 Å². The van der Waals surface area contributed by atoms with E-state index >= 15 is 0 Å². The molecular weight excluding hydrogens is 176 g/mol. The molecule has 0 radical (unpaired) electrons. The molecule has 4 heteroatoms. The normalized spacial score (nSPS) is 12.9. The molecule has 1 aromatic rings. The van der Waals surface area contributed by atoms with E-state index in [0.717, 1.165) is 6.07 Å². The zero-order valence-electron chi connectivity index (χ0n) is 7.00. The van der Waals surface area contributed by atoms with Crippen molar-refractivity contribution in [3.63, 3.8) is 0 Å². The number of rotatable bonds is 3. The second-order valence-corrected chi connectivity index (χ2v) is 2.76. The summed E-state index contributed by atoms with van der Waals surface area (Å²) in [7, 11) is 0. The van der Waals surface area contributed by atoms with Gasteiger partial charge in [0.15, 0.2) is 11.6 Å². The van der Waals surface area contributed by atoms with Crippen LogP contribution >= 0.6 is 0 Å². The Morgan fingerprint density at radius 3 is 2.69 bits per heavy atom. The maximum Gasteiger partial charge on any atom is 0.163 e. The van der Waals surface area contributed by atoms with Crippen LogP contribution in [0.15, 0.2) is 18.2 Å². The summed E-state index contributed by atoms with van der Waals surface area (Å²) in [6.45, 7) is -0.142. The topological polar surface area (TPSA) is 46.2 Å². The van der Waals surface area contributed by atoms with Gasteiger partial charge in [-0.1, -0.05) is 12.1 Å². The highest BCUT2D eigenvalue weighted by molar-refractivity contribution is 5.22. The Hall–Kier alpha value is -1.00. The Morgan fingerprint density at radius 1 is 1.38 bits per heavy atom. The fraction of sp³-hybridized carbons (Fsp3) is 0.333. The lowest BCUT2D eigenvalue weighted by Crippen LogP contribution is -2.14. The van der Waals surface area contributed by atoms with Crippen LogP contribution in [-0.2, 0) is 0 Å². The molecule has 0 fully saturated rings. The zero-order valence-corrected chi connectivity index (χ0v) is 7.00. The van der Waals surface area contributed by atoms with Gasteiger partial charge in [0.2, 0.25) is 0 Å². The molecule has 1 rings (SSSR count). The third-order valence-corrected chi connectivity index (χ3v) is 1.82. The van der Waals surface area contributed by atoms with Crippen LogP contribution in [0.2, 0.25) is 0 Å². The summed E-state index contributed by atoms with van der Waals surface area (Å²) in [5, 5.41) is 8.56. The van der Waals surface area contributed by atoms with E-state index in [1.165, 1.54) is 12.1 Å². The van der Waals surface area contributed by atoms with E-state index in [0.29, 0.717) is 0 Å². The third-order valence-electron chi connectivity index (χ3n) is 1.82. The van der Waals surface area contributed by atoms with Crippen molar-refractivity contribution in [3.05, 3.63) is 35.4 Å². The minimum absolute atomic E-state index is 0.106. The number of nitrogens with two attached hydrogens (primary N) is 1. The smallest absolute Gasteiger partial charge is 0.163 e. The van der Waals surface area contributed by atoms with Crippen LogP contribution < -0.4 is 5.73 Å². The molecule has 0 saturated carbocycles. The molecule has 0 amide bonds. The van der Waals surface area contributed by atoms with Gasteiger partial charge in [-0.15, -0.1) is 0 Å². The van der Waals surface area contributed by atoms with Crippen molar-refractivity contribution in [3.8, 4) is 0 Å². The quantitative estimate of drug-likeness (QED) is 0.750. The van der Waals surface area contributed by atoms with Gasteiger partial charge in [-0.05, 0) is 12.5 Å². The molecule has 0 heterocycles. The van der Waals surface area contributed by atoms with Gasteiger partial charge in [0, 0.05) is 18.2 Å². The molecule has 0 spiro atoms. The van der Waals surface area contributed by atoms with E-state index < -0.39 is 17.7 Å². The van der Waals surface area contributed by atoms with Crippen molar-refractivity contribution >= 4 is 0 Å². The molecule has 13 heavy (non-hydrogen) atoms. The number of hydrogen-bond donors (Lipinski definition) is 2. The summed E-state index contributed by atoms with van der Waals surface area (Å²) in [5.41, 5.74) is 5.61. The summed E-state index contributed by atoms with van der Waals surface area (Å²) in [6, 6.07) is 3.19. The molecule has 0 aliphatic rings. The molecule has 0 aromatic heterocycles. The predicted molar refractivity (Wildman–Crippen MR) is 45.0 cm³/mol. The van der Waals surface area contributed by atoms with Crippen LogP contribution in [0.3, 0.4) is 0 Å². The molecule has 2 nitrogen and oxygen atoms in total. The van der Waals surface area contributed by atoms with E-state index in [4.69, 9.17) is 10.8 Å². The third kappa shape index (κ3) is 2.23. The first-order valence-electron chi connectivity index (χ1n) is 3.97. The standard InChI is InChI=1S/C9H11F2NO/c10-7-3-1-2-6(9(7)11)8(12)4-5-13/h1-3,8,13H,4-5,12H2/t8-/m1/s1. The maximum absolute atomic E-state index is 13.0. The Kier molecular flexibility index (Phi) is 3.33. The van der Waals surface area contributed by atoms with Gasteiger partial charge in [-0.2, -0.15) is 0 Å². The van der Waals surface area contributed by atoms with E-state index in [9.17, 15) is 8.78 Å². The lowest BCUT2D eigenvalue weighted by Gasteiger charge is -2.11. The van der Waals surface area contributed by atoms with Crippen LogP contribution in [0, 0.1) is 11.6 Å². The Balaban J connectivity index is 2.93. The SMILES string of the molecule is N[C@H](CCO)c1cccc(F)c1F. The average molecular weight is 187 g/mol. The van der Waals surface area contributed by atoms with Crippen molar-refractivity contribution in [1.82, 2.24) is 0 Å². The molecule has 0 aliphatic carbocycles. The monoisotopic (exact) mass is 187 g/mol. The Bertz CT molecular complexity index is 291. The molecule has 0 saturated heterocycles. The number of aliphatic hydroxyl groups excluding tert-OH is 1. The molecule has 1 atom stereocenters. The van der Waals surface area contributed by atoms with E-state index in [-0.39, 0.29) is 18.6 Å². The van der Waals surface area contributed by atoms with Crippen molar-refractivity contribution < 1.29 is 13.9 Å². The number of benzene rings is 1. The first-order valence-corrected chi connectivity index (χ1v) is 3.97. The number of hydrogen-bond acceptors (Lipinski definition) is 2. The first-order chi connectivity index (χ1) is 6.16. The Morgan fingerprint density at radius 2 is 2.08 bits per heavy atom. The van der Waals surface area contributed by atoms with Gasteiger partial charge in [-0.25, -0.2) is 8.78 Å². The molecule has 1 aromatic carbocycles. The molecule has 0 unspecified atom stereocenters. The zero-order chi connectivity index (χ0) is 9.84. The van der Waals surface area contributed by atoms with Crippen molar-refractivity contribution in [2.75, 3.05) is 6.61 Å².